The van der Waals surface area contributed by atoms with Crippen LogP contribution >= 0.6 is 11.6 Å². The number of carbonyl (C=O) groups excluding carboxylic acids is 2. The van der Waals surface area contributed by atoms with E-state index in [0.29, 0.717) is 12.1 Å². The molecule has 0 bridgehead atoms. The summed E-state index contributed by atoms with van der Waals surface area (Å²) in [6, 6.07) is 1.31. The molecule has 3 nitrogen and oxygen atoms in total. The van der Waals surface area contributed by atoms with Gasteiger partial charge in [0.1, 0.15) is 0 Å². The van der Waals surface area contributed by atoms with E-state index in [4.69, 9.17) is 11.6 Å². The predicted molar refractivity (Wildman–Crippen MR) is 49.4 cm³/mol. The van der Waals surface area contributed by atoms with Crippen molar-refractivity contribution in [3.63, 3.8) is 0 Å². The Kier molecular flexibility index (Phi) is 2.20. The lowest BCUT2D eigenvalue weighted by Crippen LogP contribution is -2.12. The van der Waals surface area contributed by atoms with Gasteiger partial charge in [-0.3, -0.25) is 9.59 Å². The smallest absolute Gasteiger partial charge is 0.318 e. The zero-order valence-corrected chi connectivity index (χ0v) is 8.24. The van der Waals surface area contributed by atoms with Crippen LogP contribution in [0.5, 0.6) is 0 Å². The molecule has 0 aromatic heterocycles. The molecular weight excluding hydrogens is 247 g/mol. The molecule has 1 aliphatic rings. The van der Waals surface area contributed by atoms with Gasteiger partial charge in [0.2, 0.25) is 0 Å². The van der Waals surface area contributed by atoms with Gasteiger partial charge in [-0.2, -0.15) is 13.2 Å². The molecular formula is C9H3ClF3NO2. The molecule has 1 aliphatic heterocycles. The summed E-state index contributed by atoms with van der Waals surface area (Å²) in [5, 5.41) is 1.65. The molecule has 84 valence electrons. The summed E-state index contributed by atoms with van der Waals surface area (Å²) in [7, 11) is 0. The van der Waals surface area contributed by atoms with Gasteiger partial charge in [-0.05, 0) is 12.1 Å². The number of hydrogen-bond donors (Lipinski definition) is 1. The topological polar surface area (TPSA) is 46.2 Å². The SMILES string of the molecule is O=C1Nc2cc(C(F)(F)F)cc(Cl)c2C1=O. The van der Waals surface area contributed by atoms with E-state index in [-0.39, 0.29) is 16.3 Å². The van der Waals surface area contributed by atoms with Gasteiger partial charge in [-0.1, -0.05) is 11.6 Å². The Morgan fingerprint density at radius 3 is 2.38 bits per heavy atom. The second-order valence-corrected chi connectivity index (χ2v) is 3.57. The van der Waals surface area contributed by atoms with Crippen molar-refractivity contribution in [2.75, 3.05) is 5.32 Å². The summed E-state index contributed by atoms with van der Waals surface area (Å²) < 4.78 is 37.1. The van der Waals surface area contributed by atoms with Crippen LogP contribution in [0, 0.1) is 0 Å². The first-order chi connectivity index (χ1) is 7.30. The lowest BCUT2D eigenvalue weighted by Gasteiger charge is -2.09. The van der Waals surface area contributed by atoms with Crippen LogP contribution in [0.3, 0.4) is 0 Å². The van der Waals surface area contributed by atoms with Crippen LogP contribution in [-0.2, 0) is 11.0 Å². The Morgan fingerprint density at radius 2 is 1.81 bits per heavy atom. The largest absolute Gasteiger partial charge is 0.416 e. The second kappa shape index (κ2) is 3.21. The van der Waals surface area contributed by atoms with Crippen molar-refractivity contribution >= 4 is 29.0 Å². The summed E-state index contributed by atoms with van der Waals surface area (Å²) in [6.07, 6.45) is -4.57. The summed E-state index contributed by atoms with van der Waals surface area (Å²) in [6.45, 7) is 0. The Balaban J connectivity index is 2.63. The second-order valence-electron chi connectivity index (χ2n) is 3.16. The fraction of sp³-hybridized carbons (Fsp3) is 0.111. The Morgan fingerprint density at radius 1 is 1.19 bits per heavy atom. The maximum atomic E-state index is 12.4. The van der Waals surface area contributed by atoms with Gasteiger partial charge in [-0.25, -0.2) is 0 Å². The molecule has 1 amide bonds. The molecule has 1 aromatic rings. The van der Waals surface area contributed by atoms with E-state index >= 15 is 0 Å². The van der Waals surface area contributed by atoms with E-state index in [9.17, 15) is 22.8 Å². The first-order valence-corrected chi connectivity index (χ1v) is 4.45. The number of benzene rings is 1. The maximum absolute atomic E-state index is 12.4. The van der Waals surface area contributed by atoms with Gasteiger partial charge in [0, 0.05) is 0 Å². The highest BCUT2D eigenvalue weighted by Crippen LogP contribution is 2.38. The molecule has 1 heterocycles. The summed E-state index contributed by atoms with van der Waals surface area (Å²) in [5.41, 5.74) is -1.42. The van der Waals surface area contributed by atoms with Crippen LogP contribution in [0.2, 0.25) is 5.02 Å². The molecule has 7 heteroatoms. The zero-order valence-electron chi connectivity index (χ0n) is 7.48. The number of nitrogens with one attached hydrogen (secondary N) is 1. The van der Waals surface area contributed by atoms with E-state index in [1.54, 1.807) is 0 Å². The van der Waals surface area contributed by atoms with Gasteiger partial charge in [0.25, 0.3) is 11.7 Å². The number of halogens is 4. The molecule has 2 rings (SSSR count). The van der Waals surface area contributed by atoms with Crippen LogP contribution in [0.25, 0.3) is 0 Å². The summed E-state index contributed by atoms with van der Waals surface area (Å²) in [4.78, 5) is 22.1. The predicted octanol–water partition coefficient (Wildman–Crippen LogP) is 2.49. The highest BCUT2D eigenvalue weighted by Gasteiger charge is 2.36. The number of carbonyl (C=O) groups is 2. The molecule has 0 radical (unpaired) electrons. The van der Waals surface area contributed by atoms with Crippen molar-refractivity contribution in [1.82, 2.24) is 0 Å². The molecule has 0 unspecified atom stereocenters. The molecule has 0 fully saturated rings. The minimum absolute atomic E-state index is 0.199. The number of fused-ring (bicyclic) bond motifs is 1. The van der Waals surface area contributed by atoms with E-state index in [0.717, 1.165) is 0 Å². The summed E-state index contributed by atoms with van der Waals surface area (Å²) in [5.74, 6) is -1.90. The van der Waals surface area contributed by atoms with Crippen molar-refractivity contribution in [3.8, 4) is 0 Å². The van der Waals surface area contributed by atoms with Crippen molar-refractivity contribution < 1.29 is 22.8 Å². The minimum Gasteiger partial charge on any atom is -0.318 e. The quantitative estimate of drug-likeness (QED) is 0.718. The Hall–Kier alpha value is -1.56. The van der Waals surface area contributed by atoms with Crippen LogP contribution in [0.15, 0.2) is 12.1 Å². The van der Waals surface area contributed by atoms with Crippen molar-refractivity contribution in [3.05, 3.63) is 28.3 Å². The third-order valence-corrected chi connectivity index (χ3v) is 2.40. The third kappa shape index (κ3) is 1.55. The number of hydrogen-bond acceptors (Lipinski definition) is 2. The van der Waals surface area contributed by atoms with Crippen LogP contribution in [-0.4, -0.2) is 11.7 Å². The van der Waals surface area contributed by atoms with Gasteiger partial charge >= 0.3 is 6.18 Å². The normalized spacial score (nSPS) is 15.0. The lowest BCUT2D eigenvalue weighted by molar-refractivity contribution is -0.137. The number of alkyl halides is 3. The first-order valence-electron chi connectivity index (χ1n) is 4.07. The highest BCUT2D eigenvalue weighted by molar-refractivity contribution is 6.54. The number of amides is 1. The van der Waals surface area contributed by atoms with Gasteiger partial charge in [-0.15, -0.1) is 0 Å². The highest BCUT2D eigenvalue weighted by atomic mass is 35.5. The first kappa shape index (κ1) is 10.9. The van der Waals surface area contributed by atoms with Crippen LogP contribution in [0.1, 0.15) is 15.9 Å². The fourth-order valence-electron chi connectivity index (χ4n) is 1.39. The van der Waals surface area contributed by atoms with Crippen molar-refractivity contribution in [2.45, 2.75) is 6.18 Å². The Bertz CT molecular complexity index is 510. The average Bonchev–Trinajstić information content (AvgIpc) is 2.41. The molecule has 1 aromatic carbocycles. The number of ketones is 1. The van der Waals surface area contributed by atoms with Crippen LogP contribution in [0.4, 0.5) is 18.9 Å². The van der Waals surface area contributed by atoms with Crippen LogP contribution < -0.4 is 5.32 Å². The fourth-order valence-corrected chi connectivity index (χ4v) is 1.70. The molecule has 0 saturated carbocycles. The standard InChI is InChI=1S/C9H3ClF3NO2/c10-4-1-3(9(11,12)13)2-5-6(4)7(15)8(16)14-5/h1-2H,(H,14,15,16). The number of rotatable bonds is 0. The molecule has 0 spiro atoms. The monoisotopic (exact) mass is 249 g/mol. The van der Waals surface area contributed by atoms with E-state index < -0.39 is 23.4 Å². The lowest BCUT2D eigenvalue weighted by atomic mass is 10.1. The van der Waals surface area contributed by atoms with E-state index in [1.807, 2.05) is 5.32 Å². The van der Waals surface area contributed by atoms with E-state index in [1.165, 1.54) is 0 Å². The Labute approximate surface area is 92.2 Å². The van der Waals surface area contributed by atoms with Gasteiger partial charge in [0.05, 0.1) is 21.8 Å². The molecule has 0 atom stereocenters. The minimum atomic E-state index is -4.57. The number of Topliss-reactive ketones (excluding diaryl/α,β-unsaturated/α-hetero) is 1. The number of anilines is 1. The average molecular weight is 250 g/mol. The maximum Gasteiger partial charge on any atom is 0.416 e. The van der Waals surface area contributed by atoms with Crippen molar-refractivity contribution in [2.24, 2.45) is 0 Å². The summed E-state index contributed by atoms with van der Waals surface area (Å²) >= 11 is 5.53. The molecule has 16 heavy (non-hydrogen) atoms. The van der Waals surface area contributed by atoms with E-state index in [2.05, 4.69) is 0 Å². The van der Waals surface area contributed by atoms with Gasteiger partial charge < -0.3 is 5.32 Å². The molecule has 0 saturated heterocycles. The van der Waals surface area contributed by atoms with Gasteiger partial charge in [0.15, 0.2) is 0 Å². The van der Waals surface area contributed by atoms with Crippen molar-refractivity contribution in [1.29, 1.82) is 0 Å². The molecule has 0 aliphatic carbocycles. The third-order valence-electron chi connectivity index (χ3n) is 2.10. The zero-order chi connectivity index (χ0) is 12.1. The molecule has 1 N–H and O–H groups in total.